The van der Waals surface area contributed by atoms with Gasteiger partial charge in [0.25, 0.3) is 0 Å². The molecule has 0 aromatic heterocycles. The molecule has 0 saturated carbocycles. The highest BCUT2D eigenvalue weighted by molar-refractivity contribution is 6.17. The molecule has 20 heavy (non-hydrogen) atoms. The standard InChI is InChI=1S/C17H20ClNO/c18-13-15-7-9-16(10-8-15)14-19-11-4-12-20-17-5-2-1-3-6-17/h1-3,5-10,19H,4,11-14H2. The van der Waals surface area contributed by atoms with E-state index in [1.165, 1.54) is 5.56 Å². The van der Waals surface area contributed by atoms with Crippen LogP contribution in [-0.4, -0.2) is 13.2 Å². The molecule has 0 aliphatic carbocycles. The molecule has 0 aliphatic heterocycles. The predicted molar refractivity (Wildman–Crippen MR) is 84.3 cm³/mol. The Labute approximate surface area is 125 Å². The van der Waals surface area contributed by atoms with Gasteiger partial charge in [-0.05, 0) is 36.2 Å². The molecule has 0 spiro atoms. The van der Waals surface area contributed by atoms with E-state index in [4.69, 9.17) is 16.3 Å². The number of alkyl halides is 1. The quantitative estimate of drug-likeness (QED) is 0.586. The van der Waals surface area contributed by atoms with Crippen LogP contribution >= 0.6 is 11.6 Å². The molecule has 0 fully saturated rings. The maximum Gasteiger partial charge on any atom is 0.119 e. The van der Waals surface area contributed by atoms with Crippen molar-refractivity contribution in [3.63, 3.8) is 0 Å². The van der Waals surface area contributed by atoms with Crippen LogP contribution in [0.1, 0.15) is 17.5 Å². The van der Waals surface area contributed by atoms with Gasteiger partial charge in [-0.15, -0.1) is 11.6 Å². The van der Waals surface area contributed by atoms with Gasteiger partial charge in [0, 0.05) is 12.4 Å². The van der Waals surface area contributed by atoms with Crippen LogP contribution in [0.15, 0.2) is 54.6 Å². The SMILES string of the molecule is ClCc1ccc(CNCCCOc2ccccc2)cc1. The number of halogens is 1. The normalized spacial score (nSPS) is 10.4. The van der Waals surface area contributed by atoms with E-state index in [0.29, 0.717) is 5.88 Å². The summed E-state index contributed by atoms with van der Waals surface area (Å²) < 4.78 is 5.63. The van der Waals surface area contributed by atoms with E-state index in [1.807, 2.05) is 30.3 Å². The highest BCUT2D eigenvalue weighted by Crippen LogP contribution is 2.08. The lowest BCUT2D eigenvalue weighted by Crippen LogP contribution is -2.17. The summed E-state index contributed by atoms with van der Waals surface area (Å²) in [5, 5.41) is 3.41. The summed E-state index contributed by atoms with van der Waals surface area (Å²) in [6.07, 6.45) is 0.995. The van der Waals surface area contributed by atoms with Gasteiger partial charge in [0.15, 0.2) is 0 Å². The Bertz CT molecular complexity index is 484. The van der Waals surface area contributed by atoms with Crippen LogP contribution in [0.5, 0.6) is 5.75 Å². The Hall–Kier alpha value is -1.51. The topological polar surface area (TPSA) is 21.3 Å². The minimum Gasteiger partial charge on any atom is -0.494 e. The molecule has 0 bridgehead atoms. The van der Waals surface area contributed by atoms with Gasteiger partial charge in [-0.3, -0.25) is 0 Å². The first-order valence-electron chi connectivity index (χ1n) is 6.91. The zero-order valence-electron chi connectivity index (χ0n) is 11.5. The van der Waals surface area contributed by atoms with E-state index in [1.54, 1.807) is 0 Å². The third kappa shape index (κ3) is 5.24. The van der Waals surface area contributed by atoms with E-state index in [0.717, 1.165) is 37.4 Å². The molecule has 0 aliphatic rings. The van der Waals surface area contributed by atoms with E-state index in [2.05, 4.69) is 29.6 Å². The maximum atomic E-state index is 5.76. The third-order valence-electron chi connectivity index (χ3n) is 3.02. The van der Waals surface area contributed by atoms with E-state index in [9.17, 15) is 0 Å². The molecule has 0 saturated heterocycles. The van der Waals surface area contributed by atoms with Gasteiger partial charge in [0.2, 0.25) is 0 Å². The van der Waals surface area contributed by atoms with Gasteiger partial charge in [-0.2, -0.15) is 0 Å². The second-order valence-electron chi connectivity index (χ2n) is 4.64. The Morgan fingerprint density at radius 1 is 0.900 bits per heavy atom. The molecule has 2 rings (SSSR count). The molecule has 0 heterocycles. The van der Waals surface area contributed by atoms with Crippen molar-refractivity contribution in [1.82, 2.24) is 5.32 Å². The summed E-state index contributed by atoms with van der Waals surface area (Å²) >= 11 is 5.76. The zero-order valence-corrected chi connectivity index (χ0v) is 12.3. The van der Waals surface area contributed by atoms with Gasteiger partial charge >= 0.3 is 0 Å². The largest absolute Gasteiger partial charge is 0.494 e. The fourth-order valence-corrected chi connectivity index (χ4v) is 2.06. The lowest BCUT2D eigenvalue weighted by molar-refractivity contribution is 0.308. The van der Waals surface area contributed by atoms with Crippen LogP contribution in [0, 0.1) is 0 Å². The molecule has 1 N–H and O–H groups in total. The van der Waals surface area contributed by atoms with Crippen LogP contribution < -0.4 is 10.1 Å². The fraction of sp³-hybridized carbons (Fsp3) is 0.294. The Balaban J connectivity index is 1.57. The molecular weight excluding hydrogens is 270 g/mol. The second kappa shape index (κ2) is 8.62. The molecule has 106 valence electrons. The number of para-hydroxylation sites is 1. The van der Waals surface area contributed by atoms with Gasteiger partial charge < -0.3 is 10.1 Å². The van der Waals surface area contributed by atoms with Gasteiger partial charge in [-0.25, -0.2) is 0 Å². The Kier molecular flexibility index (Phi) is 6.42. The number of benzene rings is 2. The molecule has 0 amide bonds. The molecule has 0 atom stereocenters. The van der Waals surface area contributed by atoms with Gasteiger partial charge in [-0.1, -0.05) is 42.5 Å². The summed E-state index contributed by atoms with van der Waals surface area (Å²) in [4.78, 5) is 0. The predicted octanol–water partition coefficient (Wildman–Crippen LogP) is 3.98. The fourth-order valence-electron chi connectivity index (χ4n) is 1.88. The minimum atomic E-state index is 0.574. The Morgan fingerprint density at radius 3 is 2.30 bits per heavy atom. The monoisotopic (exact) mass is 289 g/mol. The van der Waals surface area contributed by atoms with Crippen molar-refractivity contribution in [1.29, 1.82) is 0 Å². The zero-order chi connectivity index (χ0) is 14.0. The van der Waals surface area contributed by atoms with Crippen molar-refractivity contribution in [2.45, 2.75) is 18.8 Å². The smallest absolute Gasteiger partial charge is 0.119 e. The molecule has 0 unspecified atom stereocenters. The lowest BCUT2D eigenvalue weighted by Gasteiger charge is -2.07. The number of hydrogen-bond donors (Lipinski definition) is 1. The number of rotatable bonds is 8. The maximum absolute atomic E-state index is 5.76. The van der Waals surface area contributed by atoms with Crippen LogP contribution in [0.25, 0.3) is 0 Å². The van der Waals surface area contributed by atoms with Crippen molar-refractivity contribution in [2.24, 2.45) is 0 Å². The number of hydrogen-bond acceptors (Lipinski definition) is 2. The molecule has 3 heteroatoms. The summed E-state index contributed by atoms with van der Waals surface area (Å²) in [6.45, 7) is 2.57. The molecule has 2 aromatic carbocycles. The van der Waals surface area contributed by atoms with Gasteiger partial charge in [0.1, 0.15) is 5.75 Å². The van der Waals surface area contributed by atoms with Crippen molar-refractivity contribution >= 4 is 11.6 Å². The molecule has 2 aromatic rings. The van der Waals surface area contributed by atoms with Crippen molar-refractivity contribution in [3.8, 4) is 5.75 Å². The number of ether oxygens (including phenoxy) is 1. The third-order valence-corrected chi connectivity index (χ3v) is 3.32. The van der Waals surface area contributed by atoms with Gasteiger partial charge in [0.05, 0.1) is 6.61 Å². The molecular formula is C17H20ClNO. The van der Waals surface area contributed by atoms with E-state index in [-0.39, 0.29) is 0 Å². The van der Waals surface area contributed by atoms with E-state index < -0.39 is 0 Å². The first kappa shape index (κ1) is 14.9. The van der Waals surface area contributed by atoms with Crippen molar-refractivity contribution in [3.05, 3.63) is 65.7 Å². The summed E-state index contributed by atoms with van der Waals surface area (Å²) in [6, 6.07) is 18.3. The van der Waals surface area contributed by atoms with Crippen LogP contribution in [0.3, 0.4) is 0 Å². The van der Waals surface area contributed by atoms with Crippen LogP contribution in [0.2, 0.25) is 0 Å². The first-order chi connectivity index (χ1) is 9.88. The highest BCUT2D eigenvalue weighted by Gasteiger charge is 1.95. The highest BCUT2D eigenvalue weighted by atomic mass is 35.5. The lowest BCUT2D eigenvalue weighted by atomic mass is 10.1. The molecule has 2 nitrogen and oxygen atoms in total. The van der Waals surface area contributed by atoms with Crippen LogP contribution in [-0.2, 0) is 12.4 Å². The van der Waals surface area contributed by atoms with Crippen molar-refractivity contribution in [2.75, 3.05) is 13.2 Å². The Morgan fingerprint density at radius 2 is 1.60 bits per heavy atom. The summed E-state index contributed by atoms with van der Waals surface area (Å²) in [5.74, 6) is 1.51. The first-order valence-corrected chi connectivity index (χ1v) is 7.44. The number of nitrogens with one attached hydrogen (secondary N) is 1. The van der Waals surface area contributed by atoms with Crippen molar-refractivity contribution < 1.29 is 4.74 Å². The van der Waals surface area contributed by atoms with E-state index >= 15 is 0 Å². The van der Waals surface area contributed by atoms with Crippen LogP contribution in [0.4, 0.5) is 0 Å². The summed E-state index contributed by atoms with van der Waals surface area (Å²) in [7, 11) is 0. The average molecular weight is 290 g/mol. The average Bonchev–Trinajstić information content (AvgIpc) is 2.52. The molecule has 0 radical (unpaired) electrons. The summed E-state index contributed by atoms with van der Waals surface area (Å²) in [5.41, 5.74) is 2.44. The second-order valence-corrected chi connectivity index (χ2v) is 4.91. The minimum absolute atomic E-state index is 0.574.